The molecular formula is C24H21NO3. The summed E-state index contributed by atoms with van der Waals surface area (Å²) < 4.78 is 5.75. The summed E-state index contributed by atoms with van der Waals surface area (Å²) in [4.78, 5) is 23.5. The van der Waals surface area contributed by atoms with Gasteiger partial charge in [-0.1, -0.05) is 54.6 Å². The first-order valence-electron chi connectivity index (χ1n) is 8.97. The van der Waals surface area contributed by atoms with Crippen LogP contribution >= 0.6 is 0 Å². The van der Waals surface area contributed by atoms with Crippen molar-refractivity contribution >= 4 is 23.5 Å². The highest BCUT2D eigenvalue weighted by Gasteiger charge is 2.02. The fourth-order valence-electron chi connectivity index (χ4n) is 2.59. The molecule has 140 valence electrons. The number of Topliss-reactive ketones (excluding diaryl/α,β-unsaturated/α-hetero) is 1. The number of carbonyl (C=O) groups excluding carboxylic acids is 2. The predicted octanol–water partition coefficient (Wildman–Crippen LogP) is 5.12. The van der Waals surface area contributed by atoms with E-state index in [1.807, 2.05) is 54.6 Å². The van der Waals surface area contributed by atoms with Crippen LogP contribution in [0, 0.1) is 0 Å². The smallest absolute Gasteiger partial charge is 0.248 e. The van der Waals surface area contributed by atoms with Gasteiger partial charge in [0.05, 0.1) is 0 Å². The van der Waals surface area contributed by atoms with E-state index in [9.17, 15) is 9.59 Å². The Balaban J connectivity index is 1.54. The van der Waals surface area contributed by atoms with Gasteiger partial charge in [-0.05, 0) is 48.4 Å². The normalized spacial score (nSPS) is 10.6. The molecule has 0 unspecified atom stereocenters. The summed E-state index contributed by atoms with van der Waals surface area (Å²) in [6, 6.07) is 24.4. The maximum atomic E-state index is 12.1. The molecule has 0 spiro atoms. The van der Waals surface area contributed by atoms with E-state index >= 15 is 0 Å². The summed E-state index contributed by atoms with van der Waals surface area (Å²) in [5.74, 6) is 0.470. The Hall–Kier alpha value is -3.66. The molecule has 0 bridgehead atoms. The number of rotatable bonds is 7. The highest BCUT2D eigenvalue weighted by atomic mass is 16.5. The average molecular weight is 371 g/mol. The van der Waals surface area contributed by atoms with Gasteiger partial charge >= 0.3 is 0 Å². The number of amides is 1. The standard InChI is InChI=1S/C24H21NO3/c1-18(26)21-8-5-9-22(16-21)25-24(27)15-12-19-10-13-23(14-11-19)28-17-20-6-3-2-4-7-20/h2-16H,17H2,1H3,(H,25,27). The molecule has 1 N–H and O–H groups in total. The fourth-order valence-corrected chi connectivity index (χ4v) is 2.59. The van der Waals surface area contributed by atoms with Crippen molar-refractivity contribution in [2.24, 2.45) is 0 Å². The number of ether oxygens (including phenoxy) is 1. The Bertz CT molecular complexity index is 976. The molecule has 4 nitrogen and oxygen atoms in total. The first-order chi connectivity index (χ1) is 13.6. The second-order valence-corrected chi connectivity index (χ2v) is 6.30. The first kappa shape index (κ1) is 19.1. The van der Waals surface area contributed by atoms with Crippen LogP contribution in [0.4, 0.5) is 5.69 Å². The summed E-state index contributed by atoms with van der Waals surface area (Å²) in [5.41, 5.74) is 3.15. The number of hydrogen-bond acceptors (Lipinski definition) is 3. The van der Waals surface area contributed by atoms with Gasteiger partial charge in [-0.15, -0.1) is 0 Å². The third-order valence-electron chi connectivity index (χ3n) is 4.09. The van der Waals surface area contributed by atoms with Crippen molar-refractivity contribution in [3.63, 3.8) is 0 Å². The molecule has 3 rings (SSSR count). The van der Waals surface area contributed by atoms with Gasteiger partial charge in [-0.3, -0.25) is 9.59 Å². The maximum Gasteiger partial charge on any atom is 0.248 e. The highest BCUT2D eigenvalue weighted by Crippen LogP contribution is 2.16. The quantitative estimate of drug-likeness (QED) is 0.463. The average Bonchev–Trinajstić information content (AvgIpc) is 2.72. The Kier molecular flexibility index (Phi) is 6.37. The monoisotopic (exact) mass is 371 g/mol. The molecule has 0 aromatic heterocycles. The van der Waals surface area contributed by atoms with Crippen LogP contribution in [0.3, 0.4) is 0 Å². The molecule has 0 saturated carbocycles. The zero-order valence-electron chi connectivity index (χ0n) is 15.6. The van der Waals surface area contributed by atoms with E-state index in [0.29, 0.717) is 17.9 Å². The molecule has 3 aromatic carbocycles. The van der Waals surface area contributed by atoms with E-state index in [4.69, 9.17) is 4.74 Å². The van der Waals surface area contributed by atoms with E-state index < -0.39 is 0 Å². The van der Waals surface area contributed by atoms with Crippen molar-refractivity contribution in [2.45, 2.75) is 13.5 Å². The van der Waals surface area contributed by atoms with Crippen LogP contribution in [0.5, 0.6) is 5.75 Å². The third kappa shape index (κ3) is 5.68. The van der Waals surface area contributed by atoms with E-state index in [1.165, 1.54) is 13.0 Å². The van der Waals surface area contributed by atoms with Crippen molar-refractivity contribution in [3.05, 3.63) is 102 Å². The van der Waals surface area contributed by atoms with E-state index in [-0.39, 0.29) is 11.7 Å². The lowest BCUT2D eigenvalue weighted by molar-refractivity contribution is -0.111. The lowest BCUT2D eigenvalue weighted by Gasteiger charge is -2.06. The van der Waals surface area contributed by atoms with Gasteiger partial charge in [-0.25, -0.2) is 0 Å². The summed E-state index contributed by atoms with van der Waals surface area (Å²) in [5, 5.41) is 2.75. The van der Waals surface area contributed by atoms with E-state index in [0.717, 1.165) is 16.9 Å². The molecule has 3 aromatic rings. The van der Waals surface area contributed by atoms with Gasteiger partial charge in [0.1, 0.15) is 12.4 Å². The van der Waals surface area contributed by atoms with Gasteiger partial charge in [0, 0.05) is 17.3 Å². The van der Waals surface area contributed by atoms with Crippen LogP contribution in [0.15, 0.2) is 84.9 Å². The molecule has 0 heterocycles. The zero-order valence-corrected chi connectivity index (χ0v) is 15.6. The highest BCUT2D eigenvalue weighted by molar-refractivity contribution is 6.03. The summed E-state index contributed by atoms with van der Waals surface area (Å²) in [7, 11) is 0. The van der Waals surface area contributed by atoms with Gasteiger partial charge in [-0.2, -0.15) is 0 Å². The Morgan fingerprint density at radius 1 is 0.929 bits per heavy atom. The second-order valence-electron chi connectivity index (χ2n) is 6.30. The third-order valence-corrected chi connectivity index (χ3v) is 4.09. The van der Waals surface area contributed by atoms with Crippen LogP contribution in [0.2, 0.25) is 0 Å². The van der Waals surface area contributed by atoms with Crippen LogP contribution in [0.1, 0.15) is 28.4 Å². The van der Waals surface area contributed by atoms with Gasteiger partial charge in [0.2, 0.25) is 5.91 Å². The molecule has 4 heteroatoms. The second kappa shape index (κ2) is 9.33. The lowest BCUT2D eigenvalue weighted by Crippen LogP contribution is -2.08. The number of benzene rings is 3. The number of ketones is 1. The van der Waals surface area contributed by atoms with Gasteiger partial charge < -0.3 is 10.1 Å². The van der Waals surface area contributed by atoms with Crippen molar-refractivity contribution in [1.29, 1.82) is 0 Å². The van der Waals surface area contributed by atoms with Crippen molar-refractivity contribution < 1.29 is 14.3 Å². The largest absolute Gasteiger partial charge is 0.489 e. The number of hydrogen-bond donors (Lipinski definition) is 1. The zero-order chi connectivity index (χ0) is 19.8. The summed E-state index contributed by atoms with van der Waals surface area (Å²) in [6.45, 7) is 2.01. The minimum atomic E-state index is -0.259. The molecule has 0 atom stereocenters. The summed E-state index contributed by atoms with van der Waals surface area (Å²) >= 11 is 0. The Morgan fingerprint density at radius 2 is 1.68 bits per heavy atom. The SMILES string of the molecule is CC(=O)c1cccc(NC(=O)C=Cc2ccc(OCc3ccccc3)cc2)c1. The molecule has 0 fully saturated rings. The minimum Gasteiger partial charge on any atom is -0.489 e. The van der Waals surface area contributed by atoms with Crippen LogP contribution in [-0.4, -0.2) is 11.7 Å². The van der Waals surface area contributed by atoms with Crippen molar-refractivity contribution in [2.75, 3.05) is 5.32 Å². The van der Waals surface area contributed by atoms with Gasteiger partial charge in [0.15, 0.2) is 5.78 Å². The van der Waals surface area contributed by atoms with Crippen molar-refractivity contribution in [1.82, 2.24) is 0 Å². The number of anilines is 1. The topological polar surface area (TPSA) is 55.4 Å². The van der Waals surface area contributed by atoms with E-state index in [2.05, 4.69) is 5.32 Å². The van der Waals surface area contributed by atoms with Crippen LogP contribution in [0.25, 0.3) is 6.08 Å². The van der Waals surface area contributed by atoms with Gasteiger partial charge in [0.25, 0.3) is 0 Å². The maximum absolute atomic E-state index is 12.1. The van der Waals surface area contributed by atoms with Crippen LogP contribution < -0.4 is 10.1 Å². The minimum absolute atomic E-state index is 0.0405. The number of nitrogens with one attached hydrogen (secondary N) is 1. The van der Waals surface area contributed by atoms with E-state index in [1.54, 1.807) is 30.3 Å². The van der Waals surface area contributed by atoms with Crippen LogP contribution in [-0.2, 0) is 11.4 Å². The molecule has 0 aliphatic rings. The Morgan fingerprint density at radius 3 is 2.39 bits per heavy atom. The molecule has 0 aliphatic heterocycles. The molecule has 0 aliphatic carbocycles. The Labute approximate surface area is 164 Å². The summed E-state index contributed by atoms with van der Waals surface area (Å²) in [6.07, 6.45) is 3.19. The predicted molar refractivity (Wildman–Crippen MR) is 111 cm³/mol. The molecule has 1 amide bonds. The molecule has 28 heavy (non-hydrogen) atoms. The molecule has 0 saturated heterocycles. The first-order valence-corrected chi connectivity index (χ1v) is 8.97. The van der Waals surface area contributed by atoms with Crippen molar-refractivity contribution in [3.8, 4) is 5.75 Å². The number of carbonyl (C=O) groups is 2. The molecular weight excluding hydrogens is 350 g/mol. The molecule has 0 radical (unpaired) electrons. The fraction of sp³-hybridized carbons (Fsp3) is 0.0833. The lowest BCUT2D eigenvalue weighted by atomic mass is 10.1.